The minimum absolute atomic E-state index is 0.0768. The van der Waals surface area contributed by atoms with Gasteiger partial charge in [-0.05, 0) is 96.3 Å². The molecule has 0 saturated carbocycles. The van der Waals surface area contributed by atoms with Crippen LogP contribution in [-0.2, 0) is 28.6 Å². The minimum atomic E-state index is -0.781. The number of esters is 3. The van der Waals surface area contributed by atoms with Crippen molar-refractivity contribution in [2.24, 2.45) is 0 Å². The summed E-state index contributed by atoms with van der Waals surface area (Å²) in [4.78, 5) is 38.3. The van der Waals surface area contributed by atoms with Crippen molar-refractivity contribution in [2.45, 2.75) is 367 Å². The zero-order valence-electron chi connectivity index (χ0n) is 53.3. The molecule has 0 aliphatic carbocycles. The fourth-order valence-corrected chi connectivity index (χ4v) is 10.2. The van der Waals surface area contributed by atoms with E-state index in [4.69, 9.17) is 14.2 Å². The molecule has 80 heavy (non-hydrogen) atoms. The van der Waals surface area contributed by atoms with E-state index in [1.165, 1.54) is 225 Å². The van der Waals surface area contributed by atoms with Crippen molar-refractivity contribution in [3.8, 4) is 0 Å². The van der Waals surface area contributed by atoms with Crippen molar-refractivity contribution >= 4 is 17.9 Å². The summed E-state index contributed by atoms with van der Waals surface area (Å²) in [6.45, 7) is 6.64. The summed E-state index contributed by atoms with van der Waals surface area (Å²) in [7, 11) is 0. The van der Waals surface area contributed by atoms with Gasteiger partial charge in [-0.2, -0.15) is 0 Å². The second-order valence-electron chi connectivity index (χ2n) is 23.4. The van der Waals surface area contributed by atoms with Gasteiger partial charge in [-0.3, -0.25) is 14.4 Å². The SMILES string of the molecule is CCCCCCC/C=C\C/C=C\C/C=C\CCCCCCCCCCCCCCCCCCC(=O)OCC(COC(=O)CCCCCCCCCCCC)OC(=O)CCCCCCCC/C=C\C/C=C\C/C=C\CCCCCCC. The quantitative estimate of drug-likeness (QED) is 0.0261. The van der Waals surface area contributed by atoms with Crippen LogP contribution in [0.5, 0.6) is 0 Å². The van der Waals surface area contributed by atoms with Gasteiger partial charge in [-0.15, -0.1) is 0 Å². The van der Waals surface area contributed by atoms with E-state index in [2.05, 4.69) is 93.7 Å². The van der Waals surface area contributed by atoms with E-state index in [0.29, 0.717) is 19.3 Å². The Morgan fingerprint density at radius 3 is 0.700 bits per heavy atom. The first-order valence-corrected chi connectivity index (χ1v) is 34.9. The summed E-state index contributed by atoms with van der Waals surface area (Å²) >= 11 is 0. The molecule has 6 heteroatoms. The first-order chi connectivity index (χ1) is 39.5. The second kappa shape index (κ2) is 68.3. The summed E-state index contributed by atoms with van der Waals surface area (Å²) < 4.78 is 16.9. The smallest absolute Gasteiger partial charge is 0.306 e. The van der Waals surface area contributed by atoms with Gasteiger partial charge in [-0.25, -0.2) is 0 Å². The van der Waals surface area contributed by atoms with E-state index in [9.17, 15) is 14.4 Å². The number of carbonyl (C=O) groups is 3. The topological polar surface area (TPSA) is 78.9 Å². The Labute approximate surface area is 497 Å². The third-order valence-corrected chi connectivity index (χ3v) is 15.4. The molecular weight excluding hydrogens is 985 g/mol. The van der Waals surface area contributed by atoms with E-state index in [1.807, 2.05) is 0 Å². The predicted octanol–water partition coefficient (Wildman–Crippen LogP) is 24.1. The molecule has 6 nitrogen and oxygen atoms in total. The summed E-state index contributed by atoms with van der Waals surface area (Å²) in [5.74, 6) is -0.873. The maximum Gasteiger partial charge on any atom is 0.306 e. The Morgan fingerprint density at radius 2 is 0.450 bits per heavy atom. The van der Waals surface area contributed by atoms with Crippen LogP contribution in [0.25, 0.3) is 0 Å². The normalized spacial score (nSPS) is 12.5. The summed E-state index contributed by atoms with van der Waals surface area (Å²) in [5.41, 5.74) is 0. The van der Waals surface area contributed by atoms with Crippen molar-refractivity contribution < 1.29 is 28.6 Å². The fourth-order valence-electron chi connectivity index (χ4n) is 10.2. The van der Waals surface area contributed by atoms with Crippen molar-refractivity contribution in [3.05, 3.63) is 72.9 Å². The van der Waals surface area contributed by atoms with Gasteiger partial charge in [0, 0.05) is 19.3 Å². The van der Waals surface area contributed by atoms with Gasteiger partial charge in [0.15, 0.2) is 6.10 Å². The molecule has 0 spiro atoms. The van der Waals surface area contributed by atoms with Crippen LogP contribution in [0.2, 0.25) is 0 Å². The number of allylic oxidation sites excluding steroid dienone is 12. The monoisotopic (exact) mass is 1120 g/mol. The molecule has 0 radical (unpaired) electrons. The summed E-state index contributed by atoms with van der Waals surface area (Å²) in [6, 6.07) is 0. The van der Waals surface area contributed by atoms with E-state index in [1.54, 1.807) is 0 Å². The zero-order valence-corrected chi connectivity index (χ0v) is 53.3. The highest BCUT2D eigenvalue weighted by Crippen LogP contribution is 2.17. The Hall–Kier alpha value is -3.15. The van der Waals surface area contributed by atoms with Gasteiger partial charge in [0.25, 0.3) is 0 Å². The first kappa shape index (κ1) is 76.9. The molecule has 0 heterocycles. The third kappa shape index (κ3) is 65.7. The van der Waals surface area contributed by atoms with Crippen LogP contribution in [0.1, 0.15) is 361 Å². The summed E-state index contributed by atoms with van der Waals surface area (Å²) in [5, 5.41) is 0. The second-order valence-corrected chi connectivity index (χ2v) is 23.4. The molecule has 1 atom stereocenters. The first-order valence-electron chi connectivity index (χ1n) is 34.9. The Kier molecular flexibility index (Phi) is 65.7. The molecule has 0 rings (SSSR count). The number of ether oxygens (including phenoxy) is 3. The molecule has 0 aromatic carbocycles. The molecule has 0 aromatic heterocycles. The van der Waals surface area contributed by atoms with Gasteiger partial charge >= 0.3 is 17.9 Å². The average Bonchev–Trinajstić information content (AvgIpc) is 3.46. The molecule has 0 aliphatic rings. The molecule has 0 bridgehead atoms. The van der Waals surface area contributed by atoms with Gasteiger partial charge < -0.3 is 14.2 Å². The lowest BCUT2D eigenvalue weighted by atomic mass is 10.0. The maximum absolute atomic E-state index is 12.9. The van der Waals surface area contributed by atoms with Crippen molar-refractivity contribution in [2.75, 3.05) is 13.2 Å². The molecule has 464 valence electrons. The van der Waals surface area contributed by atoms with Crippen LogP contribution in [0.3, 0.4) is 0 Å². The van der Waals surface area contributed by atoms with Gasteiger partial charge in [0.05, 0.1) is 0 Å². The number of hydrogen-bond donors (Lipinski definition) is 0. The minimum Gasteiger partial charge on any atom is -0.462 e. The van der Waals surface area contributed by atoms with Crippen molar-refractivity contribution in [3.63, 3.8) is 0 Å². The highest BCUT2D eigenvalue weighted by Gasteiger charge is 2.19. The zero-order chi connectivity index (χ0) is 57.8. The Balaban J connectivity index is 4.17. The van der Waals surface area contributed by atoms with Gasteiger partial charge in [0.2, 0.25) is 0 Å². The van der Waals surface area contributed by atoms with Crippen LogP contribution < -0.4 is 0 Å². The Bertz CT molecular complexity index is 1470. The molecule has 0 amide bonds. The molecule has 0 N–H and O–H groups in total. The maximum atomic E-state index is 12.9. The molecule has 0 saturated heterocycles. The number of rotatable bonds is 64. The van der Waals surface area contributed by atoms with Crippen molar-refractivity contribution in [1.82, 2.24) is 0 Å². The summed E-state index contributed by atoms with van der Waals surface area (Å²) in [6.07, 6.45) is 89.3. The van der Waals surface area contributed by atoms with Crippen LogP contribution in [0, 0.1) is 0 Å². The predicted molar refractivity (Wildman–Crippen MR) is 348 cm³/mol. The fraction of sp³-hybridized carbons (Fsp3) is 0.797. The van der Waals surface area contributed by atoms with Gasteiger partial charge in [0.1, 0.15) is 13.2 Å². The van der Waals surface area contributed by atoms with Gasteiger partial charge in [-0.1, -0.05) is 318 Å². The van der Waals surface area contributed by atoms with E-state index in [0.717, 1.165) is 96.3 Å². The van der Waals surface area contributed by atoms with E-state index >= 15 is 0 Å². The molecular formula is C74H132O6. The molecule has 0 fully saturated rings. The van der Waals surface area contributed by atoms with Crippen LogP contribution >= 0.6 is 0 Å². The number of hydrogen-bond acceptors (Lipinski definition) is 6. The third-order valence-electron chi connectivity index (χ3n) is 15.4. The van der Waals surface area contributed by atoms with Crippen LogP contribution in [0.4, 0.5) is 0 Å². The lowest BCUT2D eigenvalue weighted by Gasteiger charge is -2.18. The highest BCUT2D eigenvalue weighted by atomic mass is 16.6. The van der Waals surface area contributed by atoms with E-state index < -0.39 is 6.10 Å². The molecule has 1 unspecified atom stereocenters. The standard InChI is InChI=1S/C74H132O6/c1-4-7-10-13-16-19-22-24-26-28-30-32-33-34-35-36-37-38-39-40-41-43-44-46-48-50-52-55-58-61-64-67-73(76)79-70-71(69-78-72(75)66-63-60-57-54-21-18-15-12-9-6-3)80-74(77)68-65-62-59-56-53-51-49-47-45-42-31-29-27-25-23-20-17-14-11-8-5-2/h22-25,28-31,33-34,45,47,71H,4-21,26-27,32,35-44,46,48-70H2,1-3H3/b24-22-,25-23-,30-28-,31-29-,34-33-,47-45-. The Morgan fingerprint density at radius 1 is 0.250 bits per heavy atom. The highest BCUT2D eigenvalue weighted by molar-refractivity contribution is 5.71. The lowest BCUT2D eigenvalue weighted by molar-refractivity contribution is -0.167. The largest absolute Gasteiger partial charge is 0.462 e. The average molecular weight is 1120 g/mol. The molecule has 0 aliphatic heterocycles. The van der Waals surface area contributed by atoms with Crippen LogP contribution in [0.15, 0.2) is 72.9 Å². The van der Waals surface area contributed by atoms with Crippen LogP contribution in [-0.4, -0.2) is 37.2 Å². The lowest BCUT2D eigenvalue weighted by Crippen LogP contribution is -2.30. The van der Waals surface area contributed by atoms with E-state index in [-0.39, 0.29) is 31.1 Å². The number of unbranched alkanes of at least 4 members (excludes halogenated alkanes) is 41. The van der Waals surface area contributed by atoms with Crippen molar-refractivity contribution in [1.29, 1.82) is 0 Å². The molecule has 0 aromatic rings. The number of carbonyl (C=O) groups excluding carboxylic acids is 3.